The van der Waals surface area contributed by atoms with Crippen molar-refractivity contribution in [3.05, 3.63) is 0 Å². The predicted octanol–water partition coefficient (Wildman–Crippen LogP) is -10.9. The summed E-state index contributed by atoms with van der Waals surface area (Å²) in [5.74, 6) is -13.1. The Bertz CT molecular complexity index is 1680. The van der Waals surface area contributed by atoms with Crippen LogP contribution in [0.1, 0.15) is 33.6 Å². The summed E-state index contributed by atoms with van der Waals surface area (Å²) in [6.45, 7) is -1.69. The molecule has 0 aliphatic carbocycles. The third-order valence-electron chi connectivity index (χ3n) is 11.4. The lowest BCUT2D eigenvalue weighted by molar-refractivity contribution is -0.356. The van der Waals surface area contributed by atoms with Gasteiger partial charge in [-0.1, -0.05) is 0 Å². The zero-order valence-corrected chi connectivity index (χ0v) is 35.4. The summed E-state index contributed by atoms with van der Waals surface area (Å²) in [6.07, 6.45) is -37.3. The van der Waals surface area contributed by atoms with Gasteiger partial charge in [-0.3, -0.25) is 14.4 Å². The average molecular weight is 966 g/mol. The Labute approximate surface area is 373 Å². The first-order chi connectivity index (χ1) is 30.8. The molecule has 4 aliphatic rings. The van der Waals surface area contributed by atoms with Crippen LogP contribution in [0.2, 0.25) is 0 Å². The molecule has 18 N–H and O–H groups in total. The topological polar surface area (TPSA) is 490 Å². The maximum atomic E-state index is 13.0. The van der Waals surface area contributed by atoms with Crippen LogP contribution in [0.4, 0.5) is 0 Å². The van der Waals surface area contributed by atoms with Crippen molar-refractivity contribution < 1.29 is 134 Å². The molecule has 0 aromatic heterocycles. The van der Waals surface area contributed by atoms with Gasteiger partial charge in [0.25, 0.3) is 11.6 Å². The van der Waals surface area contributed by atoms with E-state index >= 15 is 0 Å². The number of amides is 3. The van der Waals surface area contributed by atoms with Crippen molar-refractivity contribution >= 4 is 29.7 Å². The number of carbonyl (C=O) groups is 5. The molecule has 22 atom stereocenters. The van der Waals surface area contributed by atoms with E-state index in [0.717, 1.165) is 20.8 Å². The Morgan fingerprint density at radius 3 is 1.62 bits per heavy atom. The fourth-order valence-corrected chi connectivity index (χ4v) is 8.04. The first kappa shape index (κ1) is 55.1. The number of aliphatic hydroxyl groups excluding tert-OH is 13. The molecule has 4 saturated heterocycles. The fraction of sp³-hybridized carbons (Fsp3) is 0.861. The van der Waals surface area contributed by atoms with E-state index in [4.69, 9.17) is 33.2 Å². The lowest BCUT2D eigenvalue weighted by Crippen LogP contribution is -2.71. The quantitative estimate of drug-likeness (QED) is 0.0571. The highest BCUT2D eigenvalue weighted by Crippen LogP contribution is 2.39. The number of carboxylic acid groups (broad SMARTS) is 2. The molecule has 66 heavy (non-hydrogen) atoms. The van der Waals surface area contributed by atoms with Gasteiger partial charge in [0.15, 0.2) is 12.6 Å². The summed E-state index contributed by atoms with van der Waals surface area (Å²) in [4.78, 5) is 62.3. The first-order valence-electron chi connectivity index (χ1n) is 20.3. The minimum atomic E-state index is -3.21. The van der Waals surface area contributed by atoms with Crippen molar-refractivity contribution in [2.75, 3.05) is 26.4 Å². The number of hydrogen-bond donors (Lipinski definition) is 18. The van der Waals surface area contributed by atoms with E-state index in [9.17, 15) is 101 Å². The van der Waals surface area contributed by atoms with Crippen molar-refractivity contribution in [2.24, 2.45) is 0 Å². The Kier molecular flexibility index (Phi) is 19.0. The van der Waals surface area contributed by atoms with Gasteiger partial charge in [0.2, 0.25) is 17.7 Å². The molecule has 4 heterocycles. The summed E-state index contributed by atoms with van der Waals surface area (Å²) in [7, 11) is 0. The highest BCUT2D eigenvalue weighted by atomic mass is 16.8. The van der Waals surface area contributed by atoms with Crippen LogP contribution in [0.25, 0.3) is 0 Å². The number of carboxylic acids is 2. The molecule has 0 unspecified atom stereocenters. The Morgan fingerprint density at radius 2 is 1.14 bits per heavy atom. The normalized spacial score (nSPS) is 41.4. The molecule has 380 valence electrons. The molecule has 0 aromatic rings. The number of carbonyl (C=O) groups excluding carboxylic acids is 3. The number of ether oxygens (including phenoxy) is 7. The summed E-state index contributed by atoms with van der Waals surface area (Å²) < 4.78 is 38.8. The van der Waals surface area contributed by atoms with E-state index < -0.39 is 203 Å². The van der Waals surface area contributed by atoms with Crippen LogP contribution in [0.3, 0.4) is 0 Å². The van der Waals surface area contributed by atoms with Crippen molar-refractivity contribution in [3.63, 3.8) is 0 Å². The van der Waals surface area contributed by atoms with Crippen LogP contribution in [0.5, 0.6) is 0 Å². The van der Waals surface area contributed by atoms with Crippen molar-refractivity contribution in [3.8, 4) is 0 Å². The molecule has 0 aromatic carbocycles. The van der Waals surface area contributed by atoms with Gasteiger partial charge in [-0.25, -0.2) is 9.59 Å². The molecule has 0 saturated carbocycles. The molecule has 4 aliphatic heterocycles. The third-order valence-corrected chi connectivity index (χ3v) is 11.4. The number of aliphatic carboxylic acids is 2. The molecule has 4 fully saturated rings. The maximum absolute atomic E-state index is 13.0. The molecule has 0 bridgehead atoms. The monoisotopic (exact) mass is 965 g/mol. The van der Waals surface area contributed by atoms with Crippen LogP contribution in [0.15, 0.2) is 0 Å². The van der Waals surface area contributed by atoms with E-state index in [1.165, 1.54) is 0 Å². The number of aliphatic hydroxyl groups is 13. The Balaban J connectivity index is 1.66. The van der Waals surface area contributed by atoms with E-state index in [1.807, 2.05) is 0 Å². The molecule has 30 nitrogen and oxygen atoms in total. The van der Waals surface area contributed by atoms with Gasteiger partial charge in [0.1, 0.15) is 85.4 Å². The molecule has 0 radical (unpaired) electrons. The van der Waals surface area contributed by atoms with Gasteiger partial charge in [0, 0.05) is 33.6 Å². The van der Waals surface area contributed by atoms with Gasteiger partial charge in [-0.05, 0) is 0 Å². The summed E-state index contributed by atoms with van der Waals surface area (Å²) in [5.41, 5.74) is 0. The molecule has 0 spiro atoms. The fourth-order valence-electron chi connectivity index (χ4n) is 8.04. The second kappa shape index (κ2) is 22.8. The van der Waals surface area contributed by atoms with Gasteiger partial charge >= 0.3 is 11.9 Å². The van der Waals surface area contributed by atoms with Gasteiger partial charge in [-0.2, -0.15) is 0 Å². The number of rotatable bonds is 19. The van der Waals surface area contributed by atoms with Crippen LogP contribution >= 0.6 is 0 Å². The third kappa shape index (κ3) is 12.0. The highest BCUT2D eigenvalue weighted by Gasteiger charge is 2.61. The average Bonchev–Trinajstić information content (AvgIpc) is 3.24. The van der Waals surface area contributed by atoms with Crippen molar-refractivity contribution in [2.45, 2.75) is 167 Å². The lowest BCUT2D eigenvalue weighted by Gasteiger charge is -2.50. The van der Waals surface area contributed by atoms with E-state index in [1.54, 1.807) is 0 Å². The Hall–Kier alpha value is -3.45. The minimum Gasteiger partial charge on any atom is -0.477 e. The first-order valence-corrected chi connectivity index (χ1v) is 20.3. The molecular formula is C36H59N3O27. The maximum Gasteiger partial charge on any atom is 0.364 e. The minimum absolute atomic E-state index is 0.822. The molecule has 3 amide bonds. The van der Waals surface area contributed by atoms with Crippen LogP contribution in [-0.2, 0) is 57.1 Å². The van der Waals surface area contributed by atoms with Crippen LogP contribution in [-0.4, -0.2) is 267 Å². The van der Waals surface area contributed by atoms with E-state index in [0.29, 0.717) is 0 Å². The van der Waals surface area contributed by atoms with Gasteiger partial charge in [0.05, 0.1) is 50.7 Å². The molecule has 30 heteroatoms. The summed E-state index contributed by atoms with van der Waals surface area (Å²) >= 11 is 0. The predicted molar refractivity (Wildman–Crippen MR) is 203 cm³/mol. The largest absolute Gasteiger partial charge is 0.477 e. The summed E-state index contributed by atoms with van der Waals surface area (Å²) in [6, 6.07) is -5.20. The van der Waals surface area contributed by atoms with Crippen LogP contribution in [0, 0.1) is 0 Å². The van der Waals surface area contributed by atoms with Crippen LogP contribution < -0.4 is 16.0 Å². The standard InChI is InChI=1S/C36H59N3O27/c1-10(43)37-19-14(47)5-36(34(58)59,66-29(19)22(49)15(48)6-40)64-17(8-42)24(51)30-20(38-11(2)44)13(46)4-35(65-30,33(56)57)60-9-18-25(52)28(21(31(55)61-18)39-12(3)45)63-32-27(54)26(53)23(50)16(7-41)62-32/h13-32,40-42,46-55H,4-9H2,1-3H3,(H,37,43)(H,38,44)(H,39,45)(H,56,57)(H,58,59)/t13-,14-,15+,16+,17+,18+,19+,20+,21+,22+,23-,24+,25-,26-,27+,28+,29+,30+,31-,32-,35+,36+/m0/s1. The zero-order valence-electron chi connectivity index (χ0n) is 35.4. The van der Waals surface area contributed by atoms with E-state index in [-0.39, 0.29) is 0 Å². The smallest absolute Gasteiger partial charge is 0.364 e. The molecule has 4 rings (SSSR count). The second-order valence-electron chi connectivity index (χ2n) is 16.2. The van der Waals surface area contributed by atoms with E-state index in [2.05, 4.69) is 16.0 Å². The SMILES string of the molecule is CC(=O)N[C@@H]1[C@@H](O[C@@H]2O[C@H](CO)[C@H](O)[C@H](O)[C@H]2O)[C@@H](O)[C@@H](CO[C@]2(C(=O)O)C[C@H](O)[C@@H](NC(C)=O)[C@H]([C@H](O)[C@@H](CO)O[C@]3(C(=O)O)C[C@H](O)[C@@H](NC(C)=O)[C@H]([C@H](O)[C@H](O)CO)O3)O2)O[C@@H]1O. The second-order valence-corrected chi connectivity index (χ2v) is 16.2. The zero-order chi connectivity index (χ0) is 49.7. The van der Waals surface area contributed by atoms with Crippen molar-refractivity contribution in [1.29, 1.82) is 0 Å². The van der Waals surface area contributed by atoms with Gasteiger partial charge in [-0.15, -0.1) is 0 Å². The summed E-state index contributed by atoms with van der Waals surface area (Å²) in [5, 5.41) is 166. The number of nitrogens with one attached hydrogen (secondary N) is 3. The van der Waals surface area contributed by atoms with Gasteiger partial charge < -0.3 is 126 Å². The lowest BCUT2D eigenvalue weighted by atomic mass is 9.87. The molecular weight excluding hydrogens is 906 g/mol. The Morgan fingerprint density at radius 1 is 0.636 bits per heavy atom. The van der Waals surface area contributed by atoms with Crippen molar-refractivity contribution in [1.82, 2.24) is 16.0 Å². The number of hydrogen-bond acceptors (Lipinski definition) is 25. The highest BCUT2D eigenvalue weighted by molar-refractivity contribution is 5.77.